The fraction of sp³-hybridized carbons (Fsp3) is 0.500. The van der Waals surface area contributed by atoms with Gasteiger partial charge in [0.1, 0.15) is 6.17 Å². The van der Waals surface area contributed by atoms with Gasteiger partial charge in [0, 0.05) is 0 Å². The summed E-state index contributed by atoms with van der Waals surface area (Å²) in [5, 5.41) is 9.85. The van der Waals surface area contributed by atoms with Crippen molar-refractivity contribution in [1.29, 1.82) is 0 Å². The molecule has 0 saturated heterocycles. The number of benzene rings is 1. The summed E-state index contributed by atoms with van der Waals surface area (Å²) in [5.74, 6) is 0. The fourth-order valence-corrected chi connectivity index (χ4v) is 1.55. The monoisotopic (exact) mass is 196 g/mol. The smallest absolute Gasteiger partial charge is 0.122 e. The second-order valence-corrected chi connectivity index (χ2v) is 4.25. The summed E-state index contributed by atoms with van der Waals surface area (Å²) in [4.78, 5) is 0. The minimum Gasteiger partial charge on any atom is -0.386 e. The van der Waals surface area contributed by atoms with E-state index >= 15 is 0 Å². The second kappa shape index (κ2) is 3.70. The first-order chi connectivity index (χ1) is 6.32. The molecule has 1 nitrogen and oxygen atoms in total. The van der Waals surface area contributed by atoms with Crippen molar-refractivity contribution in [2.45, 2.75) is 39.5 Å². The second-order valence-electron chi connectivity index (χ2n) is 4.25. The number of halogens is 1. The van der Waals surface area contributed by atoms with Gasteiger partial charge in [-0.25, -0.2) is 4.39 Å². The van der Waals surface area contributed by atoms with Crippen molar-refractivity contribution in [3.05, 3.63) is 34.9 Å². The van der Waals surface area contributed by atoms with Crippen LogP contribution in [0, 0.1) is 6.92 Å². The molecule has 0 aliphatic rings. The van der Waals surface area contributed by atoms with Gasteiger partial charge in [0.05, 0.1) is 5.60 Å². The van der Waals surface area contributed by atoms with Gasteiger partial charge >= 0.3 is 0 Å². The highest BCUT2D eigenvalue weighted by Gasteiger charge is 2.19. The lowest BCUT2D eigenvalue weighted by molar-refractivity contribution is 0.0777. The van der Waals surface area contributed by atoms with Crippen molar-refractivity contribution < 1.29 is 9.50 Å². The maximum atomic E-state index is 13.1. The summed E-state index contributed by atoms with van der Waals surface area (Å²) in [5.41, 5.74) is 1.49. The van der Waals surface area contributed by atoms with Crippen molar-refractivity contribution in [3.8, 4) is 0 Å². The first kappa shape index (κ1) is 11.2. The van der Waals surface area contributed by atoms with Crippen LogP contribution in [0.2, 0.25) is 0 Å². The molecule has 0 heterocycles. The molecule has 0 spiro atoms. The van der Waals surface area contributed by atoms with Crippen LogP contribution in [-0.4, -0.2) is 5.11 Å². The van der Waals surface area contributed by atoms with Crippen LogP contribution in [0.15, 0.2) is 18.2 Å². The Morgan fingerprint density at radius 2 is 1.93 bits per heavy atom. The molecule has 0 aliphatic carbocycles. The highest BCUT2D eigenvalue weighted by atomic mass is 19.1. The molecule has 0 bridgehead atoms. The predicted molar refractivity (Wildman–Crippen MR) is 55.9 cm³/mol. The van der Waals surface area contributed by atoms with Crippen LogP contribution in [0.5, 0.6) is 0 Å². The number of hydrogen-bond donors (Lipinski definition) is 1. The normalized spacial score (nSPS) is 14.1. The zero-order chi connectivity index (χ0) is 10.9. The lowest BCUT2D eigenvalue weighted by Gasteiger charge is -2.21. The van der Waals surface area contributed by atoms with Crippen LogP contribution < -0.4 is 0 Å². The summed E-state index contributed by atoms with van der Waals surface area (Å²) in [6.07, 6.45) is -0.989. The number of alkyl halides is 1. The maximum absolute atomic E-state index is 13.1. The molecule has 0 aromatic heterocycles. The molecule has 1 aromatic rings. The quantitative estimate of drug-likeness (QED) is 0.769. The van der Waals surface area contributed by atoms with Crippen molar-refractivity contribution in [1.82, 2.24) is 0 Å². The Hall–Kier alpha value is -0.890. The highest BCUT2D eigenvalue weighted by molar-refractivity contribution is 5.35. The largest absolute Gasteiger partial charge is 0.386 e. The average molecular weight is 196 g/mol. The first-order valence-corrected chi connectivity index (χ1v) is 4.80. The molecule has 1 atom stereocenters. The zero-order valence-corrected chi connectivity index (χ0v) is 9.13. The number of aliphatic hydroxyl groups is 1. The number of hydrogen-bond acceptors (Lipinski definition) is 1. The van der Waals surface area contributed by atoms with E-state index in [2.05, 4.69) is 0 Å². The van der Waals surface area contributed by atoms with Crippen LogP contribution in [0.25, 0.3) is 0 Å². The molecule has 14 heavy (non-hydrogen) atoms. The van der Waals surface area contributed by atoms with Crippen LogP contribution in [0.1, 0.15) is 43.6 Å². The molecule has 78 valence electrons. The van der Waals surface area contributed by atoms with Gasteiger partial charge in [-0.2, -0.15) is 0 Å². The summed E-state index contributed by atoms with van der Waals surface area (Å²) >= 11 is 0. The summed E-state index contributed by atoms with van der Waals surface area (Å²) in [6.45, 7) is 6.84. The Labute approximate surface area is 84.6 Å². The molecule has 0 saturated carbocycles. The van der Waals surface area contributed by atoms with E-state index in [9.17, 15) is 9.50 Å². The van der Waals surface area contributed by atoms with Gasteiger partial charge in [-0.05, 0) is 50.5 Å². The predicted octanol–water partition coefficient (Wildman–Crippen LogP) is 3.25. The third kappa shape index (κ3) is 2.32. The molecule has 0 radical (unpaired) electrons. The molecule has 0 aliphatic heterocycles. The fourth-order valence-electron chi connectivity index (χ4n) is 1.55. The number of rotatable bonds is 2. The molecule has 1 N–H and O–H groups in total. The van der Waals surface area contributed by atoms with E-state index in [1.807, 2.05) is 13.0 Å². The van der Waals surface area contributed by atoms with Gasteiger partial charge < -0.3 is 5.11 Å². The molecule has 1 rings (SSSR count). The van der Waals surface area contributed by atoms with E-state index in [4.69, 9.17) is 0 Å². The Bertz CT molecular complexity index is 324. The SMILES string of the molecule is Cc1ccc(C(C)F)cc1C(C)(C)O. The van der Waals surface area contributed by atoms with Gasteiger partial charge in [0.2, 0.25) is 0 Å². The van der Waals surface area contributed by atoms with Gasteiger partial charge in [-0.3, -0.25) is 0 Å². The molecular formula is C12H17FO. The summed E-state index contributed by atoms with van der Waals surface area (Å²) < 4.78 is 13.1. The van der Waals surface area contributed by atoms with Crippen LogP contribution >= 0.6 is 0 Å². The van der Waals surface area contributed by atoms with Gasteiger partial charge in [-0.1, -0.05) is 12.1 Å². The van der Waals surface area contributed by atoms with E-state index < -0.39 is 11.8 Å². The van der Waals surface area contributed by atoms with Gasteiger partial charge in [0.15, 0.2) is 0 Å². The van der Waals surface area contributed by atoms with E-state index in [-0.39, 0.29) is 0 Å². The third-order valence-electron chi connectivity index (χ3n) is 2.38. The minimum atomic E-state index is -0.989. The van der Waals surface area contributed by atoms with Gasteiger partial charge in [-0.15, -0.1) is 0 Å². The van der Waals surface area contributed by atoms with Crippen molar-refractivity contribution in [3.63, 3.8) is 0 Å². The maximum Gasteiger partial charge on any atom is 0.122 e. The lowest BCUT2D eigenvalue weighted by atomic mass is 9.91. The van der Waals surface area contributed by atoms with Crippen LogP contribution in [0.4, 0.5) is 4.39 Å². The van der Waals surface area contributed by atoms with Crippen molar-refractivity contribution in [2.75, 3.05) is 0 Å². The van der Waals surface area contributed by atoms with Gasteiger partial charge in [0.25, 0.3) is 0 Å². The average Bonchev–Trinajstić information content (AvgIpc) is 2.02. The Kier molecular flexibility index (Phi) is 2.95. The molecular weight excluding hydrogens is 179 g/mol. The summed E-state index contributed by atoms with van der Waals surface area (Å²) in [6, 6.07) is 5.34. The molecule has 1 unspecified atom stereocenters. The molecule has 0 fully saturated rings. The standard InChI is InChI=1S/C12H17FO/c1-8-5-6-10(9(2)13)7-11(8)12(3,4)14/h5-7,9,14H,1-4H3. The molecule has 0 amide bonds. The van der Waals surface area contributed by atoms with E-state index in [0.29, 0.717) is 5.56 Å². The van der Waals surface area contributed by atoms with Crippen LogP contribution in [0.3, 0.4) is 0 Å². The lowest BCUT2D eigenvalue weighted by Crippen LogP contribution is -2.17. The van der Waals surface area contributed by atoms with E-state index in [0.717, 1.165) is 11.1 Å². The topological polar surface area (TPSA) is 20.2 Å². The Morgan fingerprint density at radius 3 is 2.36 bits per heavy atom. The molecule has 2 heteroatoms. The molecule has 1 aromatic carbocycles. The van der Waals surface area contributed by atoms with Crippen molar-refractivity contribution >= 4 is 0 Å². The summed E-state index contributed by atoms with van der Waals surface area (Å²) in [7, 11) is 0. The highest BCUT2D eigenvalue weighted by Crippen LogP contribution is 2.27. The first-order valence-electron chi connectivity index (χ1n) is 4.80. The Balaban J connectivity index is 3.22. The van der Waals surface area contributed by atoms with Crippen LogP contribution in [-0.2, 0) is 5.60 Å². The Morgan fingerprint density at radius 1 is 1.36 bits per heavy atom. The third-order valence-corrected chi connectivity index (χ3v) is 2.38. The van der Waals surface area contributed by atoms with Crippen molar-refractivity contribution in [2.24, 2.45) is 0 Å². The van der Waals surface area contributed by atoms with E-state index in [1.165, 1.54) is 6.92 Å². The number of aryl methyl sites for hydroxylation is 1. The zero-order valence-electron chi connectivity index (χ0n) is 9.13. The van der Waals surface area contributed by atoms with E-state index in [1.54, 1.807) is 26.0 Å². The minimum absolute atomic E-state index is 0.618.